The molecule has 1 amide bonds. The molecule has 0 aliphatic rings. The molecule has 0 saturated heterocycles. The minimum absolute atomic E-state index is 0.249. The van der Waals surface area contributed by atoms with E-state index < -0.39 is 0 Å². The number of anilines is 1. The molecule has 0 unspecified atom stereocenters. The number of rotatable bonds is 3. The number of hydrogen-bond acceptors (Lipinski definition) is 3. The molecule has 3 rings (SSSR count). The van der Waals surface area contributed by atoms with Crippen LogP contribution in [0.5, 0.6) is 0 Å². The molecule has 0 saturated carbocycles. The van der Waals surface area contributed by atoms with E-state index in [0.29, 0.717) is 16.1 Å². The second-order valence-corrected chi connectivity index (χ2v) is 6.73. The smallest absolute Gasteiger partial charge is 0.260 e. The number of benzene rings is 1. The molecule has 0 aliphatic heterocycles. The van der Waals surface area contributed by atoms with E-state index in [9.17, 15) is 4.79 Å². The van der Waals surface area contributed by atoms with Gasteiger partial charge in [0.15, 0.2) is 4.67 Å². The lowest BCUT2D eigenvalue weighted by atomic mass is 10.1. The molecule has 3 aromatic rings. The van der Waals surface area contributed by atoms with Crippen LogP contribution in [0.3, 0.4) is 0 Å². The summed E-state index contributed by atoms with van der Waals surface area (Å²) in [7, 11) is 1.80. The van der Waals surface area contributed by atoms with Gasteiger partial charge in [-0.3, -0.25) is 9.48 Å². The molecule has 2 heterocycles. The summed E-state index contributed by atoms with van der Waals surface area (Å²) in [6.07, 6.45) is 1.40. The van der Waals surface area contributed by atoms with Gasteiger partial charge in [0.25, 0.3) is 5.91 Å². The van der Waals surface area contributed by atoms with Crippen molar-refractivity contribution in [3.63, 3.8) is 0 Å². The Labute approximate surface area is 149 Å². The Morgan fingerprint density at radius 1 is 1.26 bits per heavy atom. The standard InChI is InChI=1S/C16H13Br2N3O2/c1-9-14(10-3-5-12(17)6-4-10)15(21(2)20-9)19-16(22)11-7-13(18)23-8-11/h3-8H,1-2H3,(H,19,22). The Balaban J connectivity index is 1.99. The number of nitrogens with zero attached hydrogens (tertiary/aromatic N) is 2. The number of amides is 1. The van der Waals surface area contributed by atoms with Crippen LogP contribution in [0.25, 0.3) is 11.1 Å². The minimum atomic E-state index is -0.249. The zero-order chi connectivity index (χ0) is 16.6. The van der Waals surface area contributed by atoms with E-state index in [0.717, 1.165) is 21.3 Å². The molecular weight excluding hydrogens is 426 g/mol. The molecule has 0 spiro atoms. The van der Waals surface area contributed by atoms with Crippen molar-refractivity contribution in [1.29, 1.82) is 0 Å². The third kappa shape index (κ3) is 3.25. The van der Waals surface area contributed by atoms with Gasteiger partial charge >= 0.3 is 0 Å². The number of carbonyl (C=O) groups excluding carboxylic acids is 1. The Hall–Kier alpha value is -1.86. The van der Waals surface area contributed by atoms with Gasteiger partial charge in [-0.1, -0.05) is 28.1 Å². The molecule has 0 atom stereocenters. The van der Waals surface area contributed by atoms with Gasteiger partial charge < -0.3 is 9.73 Å². The van der Waals surface area contributed by atoms with Crippen molar-refractivity contribution in [2.75, 3.05) is 5.32 Å². The Morgan fingerprint density at radius 3 is 2.57 bits per heavy atom. The third-order valence-corrected chi connectivity index (χ3v) is 4.36. The van der Waals surface area contributed by atoms with E-state index in [2.05, 4.69) is 42.3 Å². The van der Waals surface area contributed by atoms with E-state index in [4.69, 9.17) is 4.42 Å². The summed E-state index contributed by atoms with van der Waals surface area (Å²) in [5.74, 6) is 0.396. The fourth-order valence-corrected chi connectivity index (χ4v) is 2.98. The highest BCUT2D eigenvalue weighted by molar-refractivity contribution is 9.10. The first-order valence-corrected chi connectivity index (χ1v) is 8.39. The minimum Gasteiger partial charge on any atom is -0.457 e. The fourth-order valence-electron chi connectivity index (χ4n) is 2.37. The van der Waals surface area contributed by atoms with Crippen LogP contribution in [0.15, 0.2) is 50.2 Å². The monoisotopic (exact) mass is 437 g/mol. The van der Waals surface area contributed by atoms with Crippen LogP contribution in [0, 0.1) is 6.92 Å². The Bertz CT molecular complexity index is 866. The molecule has 1 aromatic carbocycles. The van der Waals surface area contributed by atoms with Gasteiger partial charge in [0.2, 0.25) is 0 Å². The lowest BCUT2D eigenvalue weighted by Gasteiger charge is -2.08. The first-order valence-electron chi connectivity index (χ1n) is 6.80. The molecular formula is C16H13Br2N3O2. The molecule has 7 heteroatoms. The largest absolute Gasteiger partial charge is 0.457 e. The van der Waals surface area contributed by atoms with Gasteiger partial charge in [0, 0.05) is 23.2 Å². The van der Waals surface area contributed by atoms with Crippen LogP contribution in [0.4, 0.5) is 5.82 Å². The summed E-state index contributed by atoms with van der Waals surface area (Å²) in [5, 5.41) is 7.33. The third-order valence-electron chi connectivity index (χ3n) is 3.42. The second-order valence-electron chi connectivity index (χ2n) is 5.03. The summed E-state index contributed by atoms with van der Waals surface area (Å²) in [6, 6.07) is 9.51. The quantitative estimate of drug-likeness (QED) is 0.640. The van der Waals surface area contributed by atoms with Crippen LogP contribution >= 0.6 is 31.9 Å². The molecule has 2 aromatic heterocycles. The number of carbonyl (C=O) groups is 1. The zero-order valence-corrected chi connectivity index (χ0v) is 15.6. The predicted octanol–water partition coefficient (Wildman–Crippen LogP) is 4.77. The Morgan fingerprint density at radius 2 is 1.96 bits per heavy atom. The fraction of sp³-hybridized carbons (Fsp3) is 0.125. The van der Waals surface area contributed by atoms with Crippen LogP contribution in [-0.4, -0.2) is 15.7 Å². The number of hydrogen-bond donors (Lipinski definition) is 1. The molecule has 5 nitrogen and oxygen atoms in total. The van der Waals surface area contributed by atoms with Crippen LogP contribution in [0.2, 0.25) is 0 Å². The first kappa shape index (κ1) is 16.0. The molecule has 0 aliphatic carbocycles. The van der Waals surface area contributed by atoms with Gasteiger partial charge in [-0.05, 0) is 40.5 Å². The zero-order valence-electron chi connectivity index (χ0n) is 12.4. The number of aromatic nitrogens is 2. The summed E-state index contributed by atoms with van der Waals surface area (Å²) < 4.78 is 8.29. The lowest BCUT2D eigenvalue weighted by molar-refractivity contribution is 0.102. The molecule has 0 bridgehead atoms. The topological polar surface area (TPSA) is 60.1 Å². The lowest BCUT2D eigenvalue weighted by Crippen LogP contribution is -2.14. The van der Waals surface area contributed by atoms with Crippen molar-refractivity contribution in [2.24, 2.45) is 7.05 Å². The molecule has 118 valence electrons. The molecule has 0 radical (unpaired) electrons. The molecule has 23 heavy (non-hydrogen) atoms. The van der Waals surface area contributed by atoms with Crippen LogP contribution < -0.4 is 5.32 Å². The van der Waals surface area contributed by atoms with E-state index in [1.807, 2.05) is 31.2 Å². The summed E-state index contributed by atoms with van der Waals surface area (Å²) in [4.78, 5) is 12.4. The van der Waals surface area contributed by atoms with Gasteiger partial charge in [0.05, 0.1) is 11.3 Å². The van der Waals surface area contributed by atoms with Crippen molar-refractivity contribution < 1.29 is 9.21 Å². The van der Waals surface area contributed by atoms with Crippen molar-refractivity contribution in [1.82, 2.24) is 9.78 Å². The van der Waals surface area contributed by atoms with E-state index in [1.54, 1.807) is 17.8 Å². The highest BCUT2D eigenvalue weighted by atomic mass is 79.9. The maximum Gasteiger partial charge on any atom is 0.260 e. The maximum atomic E-state index is 12.4. The summed E-state index contributed by atoms with van der Waals surface area (Å²) in [6.45, 7) is 1.92. The number of aryl methyl sites for hydroxylation is 2. The second kappa shape index (κ2) is 6.33. The van der Waals surface area contributed by atoms with Crippen molar-refractivity contribution in [2.45, 2.75) is 6.92 Å². The summed E-state index contributed by atoms with van der Waals surface area (Å²) in [5.41, 5.74) is 3.18. The molecule has 1 N–H and O–H groups in total. The average molecular weight is 439 g/mol. The van der Waals surface area contributed by atoms with Crippen molar-refractivity contribution >= 4 is 43.6 Å². The van der Waals surface area contributed by atoms with E-state index >= 15 is 0 Å². The highest BCUT2D eigenvalue weighted by Crippen LogP contribution is 2.32. The van der Waals surface area contributed by atoms with E-state index in [1.165, 1.54) is 6.26 Å². The van der Waals surface area contributed by atoms with Gasteiger partial charge in [-0.2, -0.15) is 5.10 Å². The SMILES string of the molecule is Cc1nn(C)c(NC(=O)c2coc(Br)c2)c1-c1ccc(Br)cc1. The first-order chi connectivity index (χ1) is 11.0. The van der Waals surface area contributed by atoms with Crippen molar-refractivity contribution in [3.8, 4) is 11.1 Å². The summed E-state index contributed by atoms with van der Waals surface area (Å²) >= 11 is 6.62. The van der Waals surface area contributed by atoms with E-state index in [-0.39, 0.29) is 5.91 Å². The van der Waals surface area contributed by atoms with Crippen molar-refractivity contribution in [3.05, 3.63) is 57.0 Å². The predicted molar refractivity (Wildman–Crippen MR) is 95.4 cm³/mol. The molecule has 0 fully saturated rings. The number of furan rings is 1. The van der Waals surface area contributed by atoms with Gasteiger partial charge in [-0.25, -0.2) is 0 Å². The average Bonchev–Trinajstić information content (AvgIpc) is 3.05. The van der Waals surface area contributed by atoms with Gasteiger partial charge in [0.1, 0.15) is 12.1 Å². The van der Waals surface area contributed by atoms with Crippen LogP contribution in [0.1, 0.15) is 16.1 Å². The number of halogens is 2. The maximum absolute atomic E-state index is 12.4. The Kier molecular flexibility index (Phi) is 4.41. The van der Waals surface area contributed by atoms with Crippen LogP contribution in [-0.2, 0) is 7.05 Å². The van der Waals surface area contributed by atoms with Gasteiger partial charge in [-0.15, -0.1) is 0 Å². The highest BCUT2D eigenvalue weighted by Gasteiger charge is 2.19. The number of nitrogens with one attached hydrogen (secondary N) is 1. The normalized spacial score (nSPS) is 10.8.